The molecule has 17 heavy (non-hydrogen) atoms. The van der Waals surface area contributed by atoms with Crippen molar-refractivity contribution < 1.29 is 0 Å². The third-order valence-electron chi connectivity index (χ3n) is 2.67. The van der Waals surface area contributed by atoms with Gasteiger partial charge in [0.2, 0.25) is 0 Å². The van der Waals surface area contributed by atoms with Crippen molar-refractivity contribution in [3.05, 3.63) is 53.7 Å². The second-order valence-electron chi connectivity index (χ2n) is 4.31. The van der Waals surface area contributed by atoms with Crippen LogP contribution in [-0.2, 0) is 0 Å². The summed E-state index contributed by atoms with van der Waals surface area (Å²) in [6.07, 6.45) is 4.19. The van der Waals surface area contributed by atoms with E-state index in [1.165, 1.54) is 5.56 Å². The average Bonchev–Trinajstić information content (AvgIpc) is 2.58. The smallest absolute Gasteiger partial charge is 0.114 e. The zero-order chi connectivity index (χ0) is 12.4. The quantitative estimate of drug-likeness (QED) is 0.583. The lowest BCUT2D eigenvalue weighted by Gasteiger charge is -2.16. The van der Waals surface area contributed by atoms with Crippen molar-refractivity contribution in [2.45, 2.75) is 0 Å². The number of likely N-dealkylation sites (N-methyl/N-ethyl adjacent to an activating group) is 1. The number of benzene rings is 1. The van der Waals surface area contributed by atoms with Crippen molar-refractivity contribution in [3.63, 3.8) is 0 Å². The van der Waals surface area contributed by atoms with Gasteiger partial charge in [0, 0.05) is 38.6 Å². The lowest BCUT2D eigenvalue weighted by atomic mass is 10.1. The molecule has 2 nitrogen and oxygen atoms in total. The summed E-state index contributed by atoms with van der Waals surface area (Å²) in [6, 6.07) is 10.3. The summed E-state index contributed by atoms with van der Waals surface area (Å²) in [4.78, 5) is 4.94. The molecule has 1 aliphatic rings. The minimum absolute atomic E-state index is 0.873. The maximum Gasteiger partial charge on any atom is 0.114 e. The van der Waals surface area contributed by atoms with Crippen molar-refractivity contribution in [2.75, 3.05) is 21.1 Å². The van der Waals surface area contributed by atoms with Crippen LogP contribution < -0.4 is 0 Å². The molecule has 0 spiro atoms. The lowest BCUT2D eigenvalue weighted by Crippen LogP contribution is -2.19. The van der Waals surface area contributed by atoms with Gasteiger partial charge in [-0.05, 0) is 11.6 Å². The summed E-state index contributed by atoms with van der Waals surface area (Å²) in [7, 11) is 6.02. The predicted octanol–water partition coefficient (Wildman–Crippen LogP) is 2.75. The van der Waals surface area contributed by atoms with Gasteiger partial charge in [-0.1, -0.05) is 42.5 Å². The minimum Gasteiger partial charge on any atom is -0.383 e. The summed E-state index contributed by atoms with van der Waals surface area (Å²) < 4.78 is 0. The minimum atomic E-state index is 0.873. The van der Waals surface area contributed by atoms with Gasteiger partial charge in [-0.2, -0.15) is 0 Å². The van der Waals surface area contributed by atoms with Gasteiger partial charge < -0.3 is 9.80 Å². The average molecular weight is 244 g/mol. The zero-order valence-corrected chi connectivity index (χ0v) is 11.2. The van der Waals surface area contributed by atoms with Crippen LogP contribution in [-0.4, -0.2) is 35.9 Å². The molecule has 0 saturated carbocycles. The normalized spacial score (nSPS) is 17.6. The molecule has 1 aliphatic heterocycles. The van der Waals surface area contributed by atoms with E-state index in [2.05, 4.69) is 29.3 Å². The Labute approximate surface area is 108 Å². The molecule has 0 atom stereocenters. The highest BCUT2D eigenvalue weighted by atomic mass is 32.1. The van der Waals surface area contributed by atoms with Gasteiger partial charge >= 0.3 is 0 Å². The van der Waals surface area contributed by atoms with E-state index in [1.54, 1.807) is 0 Å². The third-order valence-corrected chi connectivity index (χ3v) is 3.18. The van der Waals surface area contributed by atoms with Gasteiger partial charge in [-0.15, -0.1) is 0 Å². The molecule has 0 bridgehead atoms. The first kappa shape index (κ1) is 11.9. The summed E-state index contributed by atoms with van der Waals surface area (Å²) in [5.41, 5.74) is 3.44. The Morgan fingerprint density at radius 1 is 1.18 bits per heavy atom. The fraction of sp³-hybridized carbons (Fsp3) is 0.214. The van der Waals surface area contributed by atoms with E-state index in [1.807, 2.05) is 44.2 Å². The van der Waals surface area contributed by atoms with Crippen LogP contribution in [0.2, 0.25) is 0 Å². The Kier molecular flexibility index (Phi) is 3.29. The Balaban J connectivity index is 2.40. The second kappa shape index (κ2) is 4.72. The highest BCUT2D eigenvalue weighted by molar-refractivity contribution is 7.80. The van der Waals surface area contributed by atoms with Crippen LogP contribution >= 0.6 is 12.2 Å². The predicted molar refractivity (Wildman–Crippen MR) is 76.6 cm³/mol. The number of rotatable bonds is 2. The molecule has 1 aromatic rings. The first-order chi connectivity index (χ1) is 8.09. The highest BCUT2D eigenvalue weighted by Crippen LogP contribution is 2.28. The monoisotopic (exact) mass is 244 g/mol. The zero-order valence-electron chi connectivity index (χ0n) is 10.3. The molecule has 0 saturated heterocycles. The number of hydrogen-bond donors (Lipinski definition) is 0. The Morgan fingerprint density at radius 3 is 2.41 bits per heavy atom. The molecular weight excluding hydrogens is 228 g/mol. The number of nitrogens with zero attached hydrogens (tertiary/aromatic N) is 2. The van der Waals surface area contributed by atoms with Crippen molar-refractivity contribution in [2.24, 2.45) is 0 Å². The van der Waals surface area contributed by atoms with E-state index in [9.17, 15) is 0 Å². The highest BCUT2D eigenvalue weighted by Gasteiger charge is 2.22. The van der Waals surface area contributed by atoms with E-state index >= 15 is 0 Å². The SMILES string of the molecule is CN(C)/C=C1/C=C(c2ccccc2)N(C)C1=S. The second-order valence-corrected chi connectivity index (χ2v) is 4.69. The first-order valence-corrected chi connectivity index (χ1v) is 5.94. The van der Waals surface area contributed by atoms with Gasteiger partial charge in [0.15, 0.2) is 0 Å². The van der Waals surface area contributed by atoms with Gasteiger partial charge in [0.1, 0.15) is 4.99 Å². The molecule has 88 valence electrons. The Morgan fingerprint density at radius 2 is 1.82 bits per heavy atom. The number of thiocarbonyl (C=S) groups is 1. The number of hydrogen-bond acceptors (Lipinski definition) is 2. The Bertz CT molecular complexity index is 486. The summed E-state index contributed by atoms with van der Waals surface area (Å²) >= 11 is 5.44. The van der Waals surface area contributed by atoms with Crippen molar-refractivity contribution in [3.8, 4) is 0 Å². The lowest BCUT2D eigenvalue weighted by molar-refractivity contribution is 0.562. The van der Waals surface area contributed by atoms with Crippen molar-refractivity contribution in [1.29, 1.82) is 0 Å². The molecule has 0 aromatic heterocycles. The topological polar surface area (TPSA) is 6.48 Å². The van der Waals surface area contributed by atoms with E-state index in [0.29, 0.717) is 0 Å². The van der Waals surface area contributed by atoms with Gasteiger partial charge in [0.25, 0.3) is 0 Å². The molecule has 0 radical (unpaired) electrons. The van der Waals surface area contributed by atoms with E-state index in [-0.39, 0.29) is 0 Å². The molecule has 3 heteroatoms. The van der Waals surface area contributed by atoms with Gasteiger partial charge in [-0.3, -0.25) is 0 Å². The molecule has 0 fully saturated rings. The van der Waals surface area contributed by atoms with Crippen LogP contribution in [0.4, 0.5) is 0 Å². The largest absolute Gasteiger partial charge is 0.383 e. The van der Waals surface area contributed by atoms with E-state index in [4.69, 9.17) is 12.2 Å². The van der Waals surface area contributed by atoms with Crippen LogP contribution in [0.3, 0.4) is 0 Å². The maximum atomic E-state index is 5.44. The van der Waals surface area contributed by atoms with Crippen LogP contribution in [0, 0.1) is 0 Å². The summed E-state index contributed by atoms with van der Waals surface area (Å²) in [5, 5.41) is 0. The molecule has 0 unspecified atom stereocenters. The van der Waals surface area contributed by atoms with Crippen LogP contribution in [0.15, 0.2) is 48.2 Å². The molecule has 0 N–H and O–H groups in total. The van der Waals surface area contributed by atoms with Crippen molar-refractivity contribution in [1.82, 2.24) is 9.80 Å². The maximum absolute atomic E-state index is 5.44. The summed E-state index contributed by atoms with van der Waals surface area (Å²) in [6.45, 7) is 0. The molecule has 1 aromatic carbocycles. The first-order valence-electron chi connectivity index (χ1n) is 5.53. The van der Waals surface area contributed by atoms with Gasteiger partial charge in [-0.25, -0.2) is 0 Å². The summed E-state index contributed by atoms with van der Waals surface area (Å²) in [5.74, 6) is 0. The molecule has 0 amide bonds. The van der Waals surface area contributed by atoms with Gasteiger partial charge in [0.05, 0.1) is 0 Å². The fourth-order valence-corrected chi connectivity index (χ4v) is 2.08. The third kappa shape index (κ3) is 2.39. The Hall–Kier alpha value is -1.61. The van der Waals surface area contributed by atoms with Crippen molar-refractivity contribution >= 4 is 22.9 Å². The van der Waals surface area contributed by atoms with Crippen LogP contribution in [0.25, 0.3) is 5.70 Å². The molecule has 0 aliphatic carbocycles. The molecule has 1 heterocycles. The standard InChI is InChI=1S/C14H16N2S/c1-15(2)10-12-9-13(16(3)14(12)17)11-7-5-4-6-8-11/h4-10H,1-3H3/b12-10-. The van der Waals surface area contributed by atoms with E-state index < -0.39 is 0 Å². The van der Waals surface area contributed by atoms with Crippen LogP contribution in [0.1, 0.15) is 5.56 Å². The molecule has 2 rings (SSSR count). The fourth-order valence-electron chi connectivity index (χ4n) is 1.87. The van der Waals surface area contributed by atoms with Crippen LogP contribution in [0.5, 0.6) is 0 Å². The van der Waals surface area contributed by atoms with E-state index in [0.717, 1.165) is 16.3 Å². The molecular formula is C14H16N2S.